The number of ether oxygens (including phenoxy) is 1. The number of likely N-dealkylation sites (tertiary alicyclic amines) is 2. The fourth-order valence-corrected chi connectivity index (χ4v) is 6.28. The van der Waals surface area contributed by atoms with E-state index >= 15 is 0 Å². The van der Waals surface area contributed by atoms with Gasteiger partial charge in [0.05, 0.1) is 5.52 Å². The van der Waals surface area contributed by atoms with Gasteiger partial charge in [-0.3, -0.25) is 14.6 Å². The lowest BCUT2D eigenvalue weighted by Crippen LogP contribution is -2.51. The first-order valence-corrected chi connectivity index (χ1v) is 14.8. The number of urea groups is 1. The molecule has 2 N–H and O–H groups in total. The number of carbonyl (C=O) groups is 4. The van der Waals surface area contributed by atoms with Gasteiger partial charge in [0.15, 0.2) is 11.7 Å². The molecule has 12 heteroatoms. The molecular weight excluding hydrogens is 554 g/mol. The first-order chi connectivity index (χ1) is 20.7. The van der Waals surface area contributed by atoms with E-state index in [2.05, 4.69) is 10.3 Å². The van der Waals surface area contributed by atoms with Crippen molar-refractivity contribution in [1.82, 2.24) is 19.7 Å². The fourth-order valence-electron chi connectivity index (χ4n) is 6.28. The van der Waals surface area contributed by atoms with Crippen LogP contribution in [0.2, 0.25) is 0 Å². The molecule has 1 atom stereocenters. The van der Waals surface area contributed by atoms with Gasteiger partial charge in [-0.1, -0.05) is 24.3 Å². The van der Waals surface area contributed by atoms with Crippen LogP contribution in [0.1, 0.15) is 42.4 Å². The van der Waals surface area contributed by atoms with E-state index in [9.17, 15) is 24.0 Å². The molecule has 6 rings (SSSR count). The minimum absolute atomic E-state index is 0.0209. The number of piperidine rings is 2. The standard InChI is InChI=1S/C31H35N5O7/c1-19-16-20(17-25-27(19)33-30(40)42-25)18-26(28(38)34-13-9-23(37)10-14-34)43-31(41)35-11-7-22(8-12-35)36-15-6-21-4-2-3-5-24(21)32-29(36)39/h2-5,16-17,22,26H,6-15,18H2,1H3,(H,32,39)(H,33,40). The summed E-state index contributed by atoms with van der Waals surface area (Å²) in [6.07, 6.45) is 0.858. The molecule has 0 spiro atoms. The van der Waals surface area contributed by atoms with Gasteiger partial charge in [-0.15, -0.1) is 0 Å². The highest BCUT2D eigenvalue weighted by atomic mass is 16.6. The topological polar surface area (TPSA) is 145 Å². The third kappa shape index (κ3) is 6.13. The van der Waals surface area contributed by atoms with E-state index in [-0.39, 0.29) is 56.1 Å². The summed E-state index contributed by atoms with van der Waals surface area (Å²) in [5.74, 6) is -0.825. The normalized spacial score (nSPS) is 18.7. The maximum atomic E-state index is 13.6. The number of anilines is 1. The minimum Gasteiger partial charge on any atom is -0.436 e. The quantitative estimate of drug-likeness (QED) is 0.465. The Bertz CT molecular complexity index is 1610. The molecule has 226 valence electrons. The first kappa shape index (κ1) is 28.5. The molecule has 4 heterocycles. The molecule has 0 radical (unpaired) electrons. The van der Waals surface area contributed by atoms with E-state index in [1.807, 2.05) is 42.2 Å². The predicted molar refractivity (Wildman–Crippen MR) is 157 cm³/mol. The highest BCUT2D eigenvalue weighted by Crippen LogP contribution is 2.26. The van der Waals surface area contributed by atoms with E-state index in [1.165, 1.54) is 0 Å². The average Bonchev–Trinajstić information content (AvgIpc) is 3.29. The molecule has 43 heavy (non-hydrogen) atoms. The lowest BCUT2D eigenvalue weighted by Gasteiger charge is -2.38. The van der Waals surface area contributed by atoms with E-state index in [0.29, 0.717) is 49.1 Å². The van der Waals surface area contributed by atoms with Crippen LogP contribution in [-0.2, 0) is 27.2 Å². The Labute approximate surface area is 247 Å². The van der Waals surface area contributed by atoms with Gasteiger partial charge in [-0.2, -0.15) is 0 Å². The van der Waals surface area contributed by atoms with E-state index in [1.54, 1.807) is 15.9 Å². The first-order valence-electron chi connectivity index (χ1n) is 14.8. The molecular formula is C31H35N5O7. The van der Waals surface area contributed by atoms with Crippen molar-refractivity contribution >= 4 is 40.6 Å². The summed E-state index contributed by atoms with van der Waals surface area (Å²) in [6, 6.07) is 11.1. The van der Waals surface area contributed by atoms with Crippen molar-refractivity contribution in [2.45, 2.75) is 57.6 Å². The number of nitrogens with zero attached hydrogens (tertiary/aromatic N) is 3. The summed E-state index contributed by atoms with van der Waals surface area (Å²) >= 11 is 0. The number of hydrogen-bond donors (Lipinski definition) is 2. The number of benzene rings is 2. The van der Waals surface area contributed by atoms with Gasteiger partial charge in [0.25, 0.3) is 5.91 Å². The number of para-hydroxylation sites is 1. The highest BCUT2D eigenvalue weighted by Gasteiger charge is 2.35. The maximum absolute atomic E-state index is 13.6. The molecule has 1 unspecified atom stereocenters. The number of oxazole rings is 1. The van der Waals surface area contributed by atoms with Gasteiger partial charge in [0.2, 0.25) is 0 Å². The number of fused-ring (bicyclic) bond motifs is 2. The van der Waals surface area contributed by atoms with Crippen LogP contribution < -0.4 is 11.1 Å². The SMILES string of the molecule is Cc1cc(CC(OC(=O)N2CCC(N3CCc4ccccc4NC3=O)CC2)C(=O)N2CCC(=O)CC2)cc2oc(=O)[nH]c12. The molecule has 1 aromatic heterocycles. The van der Waals surface area contributed by atoms with Crippen molar-refractivity contribution in [3.8, 4) is 0 Å². The summed E-state index contributed by atoms with van der Waals surface area (Å²) in [5.41, 5.74) is 4.32. The Morgan fingerprint density at radius 3 is 2.49 bits per heavy atom. The second-order valence-electron chi connectivity index (χ2n) is 11.5. The van der Waals surface area contributed by atoms with Crippen LogP contribution in [-0.4, -0.2) is 88.4 Å². The van der Waals surface area contributed by atoms with Gasteiger partial charge >= 0.3 is 17.9 Å². The molecule has 2 fully saturated rings. The second kappa shape index (κ2) is 11.9. The van der Waals surface area contributed by atoms with Gasteiger partial charge in [0.1, 0.15) is 5.78 Å². The smallest absolute Gasteiger partial charge is 0.417 e. The summed E-state index contributed by atoms with van der Waals surface area (Å²) in [4.78, 5) is 71.1. The number of amides is 4. The minimum atomic E-state index is -1.11. The van der Waals surface area contributed by atoms with Crippen molar-refractivity contribution in [3.05, 3.63) is 63.6 Å². The van der Waals surface area contributed by atoms with E-state index < -0.39 is 18.0 Å². The lowest BCUT2D eigenvalue weighted by molar-refractivity contribution is -0.143. The number of aryl methyl sites for hydroxylation is 1. The molecule has 0 bridgehead atoms. The van der Waals surface area contributed by atoms with Crippen LogP contribution >= 0.6 is 0 Å². The number of carbonyl (C=O) groups excluding carboxylic acids is 4. The van der Waals surface area contributed by atoms with Crippen molar-refractivity contribution in [2.75, 3.05) is 38.0 Å². The monoisotopic (exact) mass is 589 g/mol. The largest absolute Gasteiger partial charge is 0.436 e. The van der Waals surface area contributed by atoms with Crippen molar-refractivity contribution < 1.29 is 28.3 Å². The fraction of sp³-hybridized carbons (Fsp3) is 0.452. The Balaban J connectivity index is 1.13. The third-order valence-corrected chi connectivity index (χ3v) is 8.67. The maximum Gasteiger partial charge on any atom is 0.417 e. The summed E-state index contributed by atoms with van der Waals surface area (Å²) in [6.45, 7) is 3.76. The van der Waals surface area contributed by atoms with Gasteiger partial charge in [-0.05, 0) is 55.0 Å². The number of H-pyrrole nitrogens is 1. The predicted octanol–water partition coefficient (Wildman–Crippen LogP) is 3.22. The zero-order valence-electron chi connectivity index (χ0n) is 24.1. The second-order valence-corrected chi connectivity index (χ2v) is 11.5. The van der Waals surface area contributed by atoms with E-state index in [0.717, 1.165) is 23.2 Å². The Morgan fingerprint density at radius 2 is 1.72 bits per heavy atom. The van der Waals surface area contributed by atoms with Gasteiger partial charge in [-0.25, -0.2) is 14.4 Å². The highest BCUT2D eigenvalue weighted by molar-refractivity contribution is 5.91. The van der Waals surface area contributed by atoms with Crippen molar-refractivity contribution in [3.63, 3.8) is 0 Å². The van der Waals surface area contributed by atoms with Crippen molar-refractivity contribution in [2.24, 2.45) is 0 Å². The number of aromatic amines is 1. The van der Waals surface area contributed by atoms with Crippen LogP contribution in [0, 0.1) is 6.92 Å². The molecule has 2 aromatic carbocycles. The number of aromatic nitrogens is 1. The molecule has 3 aliphatic heterocycles. The molecule has 3 aromatic rings. The third-order valence-electron chi connectivity index (χ3n) is 8.67. The molecule has 3 aliphatic rings. The number of ketones is 1. The Hall–Kier alpha value is -4.61. The number of hydrogen-bond acceptors (Lipinski definition) is 7. The number of rotatable bonds is 5. The van der Waals surface area contributed by atoms with Crippen molar-refractivity contribution in [1.29, 1.82) is 0 Å². The average molecular weight is 590 g/mol. The lowest BCUT2D eigenvalue weighted by atomic mass is 10.0. The zero-order chi connectivity index (χ0) is 30.1. The molecule has 0 saturated carbocycles. The van der Waals surface area contributed by atoms with E-state index in [4.69, 9.17) is 9.15 Å². The molecule has 12 nitrogen and oxygen atoms in total. The van der Waals surface area contributed by atoms with Gasteiger partial charge in [0, 0.05) is 63.7 Å². The van der Waals surface area contributed by atoms with Crippen LogP contribution in [0.15, 0.2) is 45.6 Å². The zero-order valence-corrected chi connectivity index (χ0v) is 24.1. The van der Waals surface area contributed by atoms with Crippen LogP contribution in [0.4, 0.5) is 15.3 Å². The molecule has 0 aliphatic carbocycles. The van der Waals surface area contributed by atoms with Crippen LogP contribution in [0.25, 0.3) is 11.1 Å². The number of nitrogens with one attached hydrogen (secondary N) is 2. The Morgan fingerprint density at radius 1 is 0.977 bits per heavy atom. The summed E-state index contributed by atoms with van der Waals surface area (Å²) in [5, 5.41) is 3.01. The Kier molecular flexibility index (Phi) is 7.92. The number of Topliss-reactive ketones (excluding diaryl/α,β-unsaturated/α-hetero) is 1. The van der Waals surface area contributed by atoms with Gasteiger partial charge < -0.3 is 29.2 Å². The van der Waals surface area contributed by atoms with Crippen LogP contribution in [0.5, 0.6) is 0 Å². The summed E-state index contributed by atoms with van der Waals surface area (Å²) < 4.78 is 11.1. The van der Waals surface area contributed by atoms with Crippen LogP contribution in [0.3, 0.4) is 0 Å². The molecule has 4 amide bonds. The molecule has 2 saturated heterocycles. The summed E-state index contributed by atoms with van der Waals surface area (Å²) in [7, 11) is 0.